The molecule has 0 bridgehead atoms. The van der Waals surface area contributed by atoms with Gasteiger partial charge >= 0.3 is 0 Å². The molecule has 0 aliphatic rings. The smallest absolute Gasteiger partial charge is 0.0956 e. The van der Waals surface area contributed by atoms with Crippen molar-refractivity contribution in [3.8, 4) is 0 Å². The Hall–Kier alpha value is -3.60. The highest BCUT2D eigenvalue weighted by atomic mass is 16.5. The molecule has 0 N–H and O–H groups in total. The van der Waals surface area contributed by atoms with E-state index in [1.54, 1.807) is 28.4 Å². The van der Waals surface area contributed by atoms with Crippen molar-refractivity contribution in [1.29, 1.82) is 0 Å². The monoisotopic (exact) mass is 543 g/mol. The molecule has 0 saturated heterocycles. The molecule has 0 saturated carbocycles. The lowest BCUT2D eigenvalue weighted by Gasteiger charge is -2.31. The molecular weight excluding hydrogens is 506 g/mol. The van der Waals surface area contributed by atoms with Crippen LogP contribution in [0.25, 0.3) is 0 Å². The molecule has 4 aromatic heterocycles. The fraction of sp³-hybridized carbons (Fsp3) is 0.355. The molecule has 0 spiro atoms. The molecule has 0 amide bonds. The minimum absolute atomic E-state index is 0.255. The number of hydrogen-bond acceptors (Lipinski definition) is 9. The van der Waals surface area contributed by atoms with Crippen molar-refractivity contribution >= 4 is 0 Å². The van der Waals surface area contributed by atoms with Crippen LogP contribution in [-0.4, -0.2) is 53.3 Å². The first kappa shape index (κ1) is 29.4. The fourth-order valence-corrected chi connectivity index (χ4v) is 4.48. The molecule has 9 heteroatoms. The van der Waals surface area contributed by atoms with Crippen molar-refractivity contribution in [3.05, 3.63) is 118 Å². The summed E-state index contributed by atoms with van der Waals surface area (Å²) in [5.41, 5.74) is 7.65. The lowest BCUT2D eigenvalue weighted by molar-refractivity contribution is 0.181. The molecule has 9 nitrogen and oxygen atoms in total. The number of pyridine rings is 4. The zero-order valence-corrected chi connectivity index (χ0v) is 23.6. The largest absolute Gasteiger partial charge is 0.380 e. The summed E-state index contributed by atoms with van der Waals surface area (Å²) in [6, 6.07) is 16.1. The quantitative estimate of drug-likeness (QED) is 0.213. The van der Waals surface area contributed by atoms with Gasteiger partial charge in [0, 0.05) is 66.3 Å². The summed E-state index contributed by atoms with van der Waals surface area (Å²) in [7, 11) is 6.72. The van der Waals surface area contributed by atoms with E-state index in [2.05, 4.69) is 4.90 Å². The van der Waals surface area contributed by atoms with E-state index in [1.165, 1.54) is 0 Å². The molecule has 0 aromatic carbocycles. The average Bonchev–Trinajstić information content (AvgIpc) is 2.98. The van der Waals surface area contributed by atoms with Crippen LogP contribution in [0.15, 0.2) is 73.3 Å². The summed E-state index contributed by atoms with van der Waals surface area (Å²) in [6.45, 7) is 3.16. The highest BCUT2D eigenvalue weighted by Gasteiger charge is 2.26. The van der Waals surface area contributed by atoms with E-state index in [0.717, 1.165) is 45.0 Å². The molecule has 40 heavy (non-hydrogen) atoms. The van der Waals surface area contributed by atoms with Gasteiger partial charge in [0.1, 0.15) is 0 Å². The Kier molecular flexibility index (Phi) is 11.2. The number of methoxy groups -OCH3 is 4. The molecular formula is C31H37N5O4. The maximum Gasteiger partial charge on any atom is 0.0956 e. The van der Waals surface area contributed by atoms with E-state index in [1.807, 2.05) is 73.3 Å². The van der Waals surface area contributed by atoms with Gasteiger partial charge < -0.3 is 18.9 Å². The predicted octanol–water partition coefficient (Wildman–Crippen LogP) is 4.64. The number of rotatable bonds is 15. The summed E-state index contributed by atoms with van der Waals surface area (Å²) in [5, 5.41) is 0. The van der Waals surface area contributed by atoms with Crippen molar-refractivity contribution < 1.29 is 18.9 Å². The molecule has 0 fully saturated rings. The SMILES string of the molecule is COCc1ccc(CN(Cc2ccc(COC)cn2)C(c2ccc(COC)cn2)c2ccc(COC)cn2)nc1. The first-order chi connectivity index (χ1) is 19.6. The van der Waals surface area contributed by atoms with Gasteiger partial charge in [-0.2, -0.15) is 0 Å². The van der Waals surface area contributed by atoms with Crippen molar-refractivity contribution in [2.75, 3.05) is 28.4 Å². The van der Waals surface area contributed by atoms with Crippen molar-refractivity contribution in [1.82, 2.24) is 24.8 Å². The van der Waals surface area contributed by atoms with Crippen LogP contribution in [0.2, 0.25) is 0 Å². The maximum absolute atomic E-state index is 5.30. The first-order valence-electron chi connectivity index (χ1n) is 13.1. The zero-order chi connectivity index (χ0) is 28.2. The minimum Gasteiger partial charge on any atom is -0.380 e. The maximum atomic E-state index is 5.30. The molecule has 4 aromatic rings. The topological polar surface area (TPSA) is 91.7 Å². The van der Waals surface area contributed by atoms with E-state index >= 15 is 0 Å². The number of ether oxygens (including phenoxy) is 4. The van der Waals surface area contributed by atoms with Gasteiger partial charge in [-0.15, -0.1) is 0 Å². The molecule has 0 atom stereocenters. The Bertz CT molecular complexity index is 1180. The Morgan fingerprint density at radius 2 is 0.850 bits per heavy atom. The lowest BCUT2D eigenvalue weighted by Crippen LogP contribution is -2.31. The molecule has 210 valence electrons. The summed E-state index contributed by atoms with van der Waals surface area (Å²) in [4.78, 5) is 21.5. The van der Waals surface area contributed by atoms with Crippen molar-refractivity contribution in [2.24, 2.45) is 0 Å². The van der Waals surface area contributed by atoms with Crippen LogP contribution < -0.4 is 0 Å². The summed E-state index contributed by atoms with van der Waals surface area (Å²) in [5.74, 6) is 0. The molecule has 0 aliphatic carbocycles. The van der Waals surface area contributed by atoms with Gasteiger partial charge in [-0.25, -0.2) is 0 Å². The van der Waals surface area contributed by atoms with Crippen molar-refractivity contribution in [2.45, 2.75) is 45.6 Å². The fourth-order valence-electron chi connectivity index (χ4n) is 4.48. The highest BCUT2D eigenvalue weighted by Crippen LogP contribution is 2.29. The normalized spacial score (nSPS) is 11.4. The van der Waals surface area contributed by atoms with Crippen LogP contribution in [0.5, 0.6) is 0 Å². The van der Waals surface area contributed by atoms with Gasteiger partial charge in [-0.05, 0) is 46.5 Å². The summed E-state index contributed by atoms with van der Waals surface area (Å²) < 4.78 is 21.1. The second-order valence-electron chi connectivity index (χ2n) is 9.54. The van der Waals surface area contributed by atoms with Gasteiger partial charge in [-0.1, -0.05) is 24.3 Å². The molecule has 4 heterocycles. The molecule has 4 rings (SSSR count). The number of aromatic nitrogens is 4. The Balaban J connectivity index is 1.74. The third kappa shape index (κ3) is 8.20. The van der Waals surface area contributed by atoms with Gasteiger partial charge in [0.2, 0.25) is 0 Å². The third-order valence-corrected chi connectivity index (χ3v) is 6.37. The van der Waals surface area contributed by atoms with E-state index < -0.39 is 0 Å². The van der Waals surface area contributed by atoms with Crippen LogP contribution in [0, 0.1) is 0 Å². The third-order valence-electron chi connectivity index (χ3n) is 6.37. The van der Waals surface area contributed by atoms with Crippen LogP contribution >= 0.6 is 0 Å². The molecule has 0 aliphatic heterocycles. The van der Waals surface area contributed by atoms with Crippen LogP contribution in [0.1, 0.15) is 51.1 Å². The van der Waals surface area contributed by atoms with E-state index in [9.17, 15) is 0 Å². The van der Waals surface area contributed by atoms with Gasteiger partial charge in [-0.3, -0.25) is 24.8 Å². The van der Waals surface area contributed by atoms with Gasteiger partial charge in [0.05, 0.1) is 55.2 Å². The van der Waals surface area contributed by atoms with Crippen molar-refractivity contribution in [3.63, 3.8) is 0 Å². The standard InChI is InChI=1S/C31H37N5O4/c1-37-19-23-5-9-27(32-13-23)17-36(18-28-10-6-24(14-33-28)20-38-2)31(29-11-7-25(15-34-29)21-39-3)30-12-8-26(16-35-30)22-40-4/h5-16,31H,17-22H2,1-4H3. The van der Waals surface area contributed by atoms with E-state index in [4.69, 9.17) is 38.9 Å². The van der Waals surface area contributed by atoms with Crippen LogP contribution in [0.3, 0.4) is 0 Å². The Morgan fingerprint density at radius 1 is 0.500 bits per heavy atom. The highest BCUT2D eigenvalue weighted by molar-refractivity contribution is 5.27. The zero-order valence-electron chi connectivity index (χ0n) is 23.6. The minimum atomic E-state index is -0.255. The first-order valence-corrected chi connectivity index (χ1v) is 13.1. The molecule has 0 radical (unpaired) electrons. The van der Waals surface area contributed by atoms with Gasteiger partial charge in [0.15, 0.2) is 0 Å². The summed E-state index contributed by atoms with van der Waals surface area (Å²) >= 11 is 0. The van der Waals surface area contributed by atoms with Crippen LogP contribution in [-0.2, 0) is 58.5 Å². The predicted molar refractivity (Wildman–Crippen MR) is 151 cm³/mol. The van der Waals surface area contributed by atoms with Crippen LogP contribution in [0.4, 0.5) is 0 Å². The molecule has 0 unspecified atom stereocenters. The second kappa shape index (κ2) is 15.3. The lowest BCUT2D eigenvalue weighted by atomic mass is 10.0. The Morgan fingerprint density at radius 3 is 1.12 bits per heavy atom. The summed E-state index contributed by atoms with van der Waals surface area (Å²) in [6.07, 6.45) is 7.44. The number of nitrogens with zero attached hydrogens (tertiary/aromatic N) is 5. The number of hydrogen-bond donors (Lipinski definition) is 0. The van der Waals surface area contributed by atoms with Gasteiger partial charge in [0.25, 0.3) is 0 Å². The van der Waals surface area contributed by atoms with E-state index in [0.29, 0.717) is 39.5 Å². The second-order valence-corrected chi connectivity index (χ2v) is 9.54. The van der Waals surface area contributed by atoms with E-state index in [-0.39, 0.29) is 6.04 Å². The average molecular weight is 544 g/mol. The Labute approximate surface area is 236 Å².